The Morgan fingerprint density at radius 3 is 2.52 bits per heavy atom. The fourth-order valence-corrected chi connectivity index (χ4v) is 5.09. The van der Waals surface area contributed by atoms with Gasteiger partial charge in [0, 0.05) is 40.5 Å². The zero-order valence-electron chi connectivity index (χ0n) is 16.8. The summed E-state index contributed by atoms with van der Waals surface area (Å²) >= 11 is 12.2. The second-order valence-electron chi connectivity index (χ2n) is 6.57. The van der Waals surface area contributed by atoms with Crippen molar-refractivity contribution in [2.24, 2.45) is 0 Å². The lowest BCUT2D eigenvalue weighted by Crippen LogP contribution is -2.40. The number of ether oxygens (including phenoxy) is 2. The van der Waals surface area contributed by atoms with Crippen molar-refractivity contribution in [3.63, 3.8) is 0 Å². The lowest BCUT2D eigenvalue weighted by molar-refractivity contribution is -0.111. The number of morpholine rings is 1. The Morgan fingerprint density at radius 1 is 1.19 bits per heavy atom. The van der Waals surface area contributed by atoms with Gasteiger partial charge in [0.05, 0.1) is 19.8 Å². The molecule has 0 atom stereocenters. The predicted octanol–water partition coefficient (Wildman–Crippen LogP) is 4.06. The highest BCUT2D eigenvalue weighted by atomic mass is 35.5. The van der Waals surface area contributed by atoms with E-state index in [1.807, 2.05) is 0 Å². The van der Waals surface area contributed by atoms with Crippen molar-refractivity contribution in [3.05, 3.63) is 58.1 Å². The molecule has 0 radical (unpaired) electrons. The molecule has 0 aliphatic carbocycles. The van der Waals surface area contributed by atoms with Gasteiger partial charge in [-0.05, 0) is 43.3 Å². The monoisotopic (exact) mass is 484 g/mol. The van der Waals surface area contributed by atoms with E-state index in [9.17, 15) is 13.2 Å². The van der Waals surface area contributed by atoms with Crippen LogP contribution in [0.4, 0.5) is 5.69 Å². The summed E-state index contributed by atoms with van der Waals surface area (Å²) in [6.07, 6.45) is 2.78. The Kier molecular flexibility index (Phi) is 7.96. The molecule has 0 unspecified atom stereocenters. The van der Waals surface area contributed by atoms with Gasteiger partial charge in [-0.2, -0.15) is 4.31 Å². The largest absolute Gasteiger partial charge is 0.492 e. The number of sulfonamides is 1. The van der Waals surface area contributed by atoms with Crippen LogP contribution in [0.5, 0.6) is 5.75 Å². The van der Waals surface area contributed by atoms with E-state index < -0.39 is 15.9 Å². The average molecular weight is 485 g/mol. The second kappa shape index (κ2) is 10.5. The topological polar surface area (TPSA) is 84.9 Å². The number of halogens is 2. The maximum Gasteiger partial charge on any atom is 0.248 e. The minimum atomic E-state index is -3.82. The number of nitrogens with zero attached hydrogens (tertiary/aromatic N) is 1. The zero-order valence-corrected chi connectivity index (χ0v) is 19.1. The van der Waals surface area contributed by atoms with Gasteiger partial charge < -0.3 is 14.8 Å². The van der Waals surface area contributed by atoms with Crippen LogP contribution in [0.25, 0.3) is 6.08 Å². The first kappa shape index (κ1) is 23.6. The summed E-state index contributed by atoms with van der Waals surface area (Å²) in [7, 11) is -3.82. The minimum absolute atomic E-state index is 0.00724. The molecule has 1 aliphatic rings. The van der Waals surface area contributed by atoms with Crippen LogP contribution in [0.2, 0.25) is 10.0 Å². The third kappa shape index (κ3) is 5.78. The minimum Gasteiger partial charge on any atom is -0.492 e. The van der Waals surface area contributed by atoms with Gasteiger partial charge in [-0.3, -0.25) is 4.79 Å². The number of hydrogen-bond acceptors (Lipinski definition) is 5. The Labute approximate surface area is 191 Å². The number of hydrogen-bond donors (Lipinski definition) is 1. The van der Waals surface area contributed by atoms with E-state index in [-0.39, 0.29) is 23.7 Å². The van der Waals surface area contributed by atoms with Gasteiger partial charge in [-0.25, -0.2) is 8.42 Å². The molecule has 1 aliphatic heterocycles. The maximum atomic E-state index is 13.1. The molecule has 31 heavy (non-hydrogen) atoms. The van der Waals surface area contributed by atoms with Crippen LogP contribution in [0.1, 0.15) is 12.5 Å². The van der Waals surface area contributed by atoms with Crippen molar-refractivity contribution in [1.29, 1.82) is 0 Å². The summed E-state index contributed by atoms with van der Waals surface area (Å²) in [4.78, 5) is 12.4. The van der Waals surface area contributed by atoms with E-state index >= 15 is 0 Å². The van der Waals surface area contributed by atoms with Crippen molar-refractivity contribution in [2.75, 3.05) is 38.2 Å². The number of nitrogens with one attached hydrogen (secondary N) is 1. The molecule has 7 nitrogen and oxygen atoms in total. The van der Waals surface area contributed by atoms with E-state index in [0.29, 0.717) is 41.1 Å². The van der Waals surface area contributed by atoms with Crippen molar-refractivity contribution < 1.29 is 22.7 Å². The molecule has 0 spiro atoms. The lowest BCUT2D eigenvalue weighted by Gasteiger charge is -2.27. The molecular weight excluding hydrogens is 463 g/mol. The molecule has 1 heterocycles. The highest BCUT2D eigenvalue weighted by molar-refractivity contribution is 7.89. The third-order valence-corrected chi connectivity index (χ3v) is 7.08. The molecule has 0 saturated carbocycles. The van der Waals surface area contributed by atoms with Crippen molar-refractivity contribution in [3.8, 4) is 5.75 Å². The van der Waals surface area contributed by atoms with E-state index in [0.717, 1.165) is 0 Å². The van der Waals surface area contributed by atoms with Crippen LogP contribution < -0.4 is 10.1 Å². The van der Waals surface area contributed by atoms with Crippen molar-refractivity contribution >= 4 is 50.9 Å². The second-order valence-corrected chi connectivity index (χ2v) is 9.29. The molecule has 2 aromatic carbocycles. The number of amides is 1. The molecule has 1 saturated heterocycles. The van der Waals surface area contributed by atoms with Gasteiger partial charge in [0.2, 0.25) is 15.9 Å². The smallest absolute Gasteiger partial charge is 0.248 e. The molecule has 1 amide bonds. The first-order valence-corrected chi connectivity index (χ1v) is 11.8. The summed E-state index contributed by atoms with van der Waals surface area (Å²) in [5.74, 6) is -0.236. The molecule has 10 heteroatoms. The Hall–Kier alpha value is -2.10. The molecular formula is C21H22Cl2N2O5S. The first-order valence-electron chi connectivity index (χ1n) is 9.60. The van der Waals surface area contributed by atoms with E-state index in [2.05, 4.69) is 5.32 Å². The predicted molar refractivity (Wildman–Crippen MR) is 121 cm³/mol. The Morgan fingerprint density at radius 2 is 1.87 bits per heavy atom. The van der Waals surface area contributed by atoms with Crippen LogP contribution in [0.3, 0.4) is 0 Å². The van der Waals surface area contributed by atoms with E-state index in [1.165, 1.54) is 28.6 Å². The van der Waals surface area contributed by atoms with Crippen LogP contribution >= 0.6 is 23.2 Å². The van der Waals surface area contributed by atoms with Gasteiger partial charge in [0.15, 0.2) is 0 Å². The van der Waals surface area contributed by atoms with E-state index in [4.69, 9.17) is 32.7 Å². The van der Waals surface area contributed by atoms with Crippen LogP contribution in [0.15, 0.2) is 47.4 Å². The SMILES string of the molecule is CCOc1ccc(NC(=O)/C=C/c2c(Cl)cccc2Cl)cc1S(=O)(=O)N1CCOCC1. The van der Waals surface area contributed by atoms with Crippen LogP contribution in [-0.4, -0.2) is 51.5 Å². The molecule has 0 aromatic heterocycles. The number of benzene rings is 2. The lowest BCUT2D eigenvalue weighted by atomic mass is 10.2. The average Bonchev–Trinajstić information content (AvgIpc) is 2.75. The van der Waals surface area contributed by atoms with Crippen molar-refractivity contribution in [1.82, 2.24) is 4.31 Å². The molecule has 3 rings (SSSR count). The Bertz CT molecular complexity index is 1060. The van der Waals surface area contributed by atoms with Gasteiger partial charge in [-0.1, -0.05) is 29.3 Å². The molecule has 1 N–H and O–H groups in total. The van der Waals surface area contributed by atoms with Crippen LogP contribution in [-0.2, 0) is 19.6 Å². The molecule has 0 bridgehead atoms. The number of anilines is 1. The normalized spacial score (nSPS) is 15.2. The van der Waals surface area contributed by atoms with Crippen LogP contribution in [0, 0.1) is 0 Å². The molecule has 1 fully saturated rings. The zero-order chi connectivity index (χ0) is 22.4. The fourth-order valence-electron chi connectivity index (χ4n) is 3.00. The third-order valence-electron chi connectivity index (χ3n) is 4.50. The van der Waals surface area contributed by atoms with Gasteiger partial charge in [0.1, 0.15) is 10.6 Å². The maximum absolute atomic E-state index is 13.1. The van der Waals surface area contributed by atoms with Gasteiger partial charge >= 0.3 is 0 Å². The first-order chi connectivity index (χ1) is 14.8. The molecule has 166 valence electrons. The number of rotatable bonds is 7. The van der Waals surface area contributed by atoms with Crippen molar-refractivity contribution in [2.45, 2.75) is 11.8 Å². The summed E-state index contributed by atoms with van der Waals surface area (Å²) in [5.41, 5.74) is 0.832. The summed E-state index contributed by atoms with van der Waals surface area (Å²) in [5, 5.41) is 3.49. The summed E-state index contributed by atoms with van der Waals surface area (Å²) in [6, 6.07) is 9.54. The molecule has 2 aromatic rings. The standard InChI is InChI=1S/C21H22Cl2N2O5S/c1-2-30-19-8-6-15(14-20(19)31(27,28)25-10-12-29-13-11-25)24-21(26)9-7-16-17(22)4-3-5-18(16)23/h3-9,14H,2,10-13H2,1H3,(H,24,26)/b9-7+. The van der Waals surface area contributed by atoms with Gasteiger partial charge in [-0.15, -0.1) is 0 Å². The number of carbonyl (C=O) groups excluding carboxylic acids is 1. The highest BCUT2D eigenvalue weighted by Gasteiger charge is 2.29. The quantitative estimate of drug-likeness (QED) is 0.598. The summed E-state index contributed by atoms with van der Waals surface area (Å²) < 4.78 is 38.4. The van der Waals surface area contributed by atoms with Gasteiger partial charge in [0.25, 0.3) is 0 Å². The number of carbonyl (C=O) groups is 1. The summed E-state index contributed by atoms with van der Waals surface area (Å²) in [6.45, 7) is 3.24. The fraction of sp³-hybridized carbons (Fsp3) is 0.286. The van der Waals surface area contributed by atoms with E-state index in [1.54, 1.807) is 31.2 Å². The highest BCUT2D eigenvalue weighted by Crippen LogP contribution is 2.31. The Balaban J connectivity index is 1.84.